The molecule has 0 N–H and O–H groups in total. The van der Waals surface area contributed by atoms with E-state index in [-0.39, 0.29) is 11.9 Å². The van der Waals surface area contributed by atoms with Gasteiger partial charge in [0.05, 0.1) is 10.9 Å². The van der Waals surface area contributed by atoms with Crippen molar-refractivity contribution < 1.29 is 4.79 Å². The average Bonchev–Trinajstić information content (AvgIpc) is 2.84. The van der Waals surface area contributed by atoms with Crippen LogP contribution in [0.2, 0.25) is 5.02 Å². The molecule has 1 aliphatic heterocycles. The van der Waals surface area contributed by atoms with Crippen molar-refractivity contribution in [1.29, 1.82) is 0 Å². The highest BCUT2D eigenvalue weighted by atomic mass is 35.5. The van der Waals surface area contributed by atoms with Gasteiger partial charge in [-0.1, -0.05) is 84.1 Å². The van der Waals surface area contributed by atoms with Gasteiger partial charge in [0, 0.05) is 5.02 Å². The lowest BCUT2D eigenvalue weighted by Gasteiger charge is -2.23. The van der Waals surface area contributed by atoms with Crippen LogP contribution in [0.1, 0.15) is 24.1 Å². The van der Waals surface area contributed by atoms with Gasteiger partial charge in [0.15, 0.2) is 0 Å². The molecular formula is C18H14ClNOS2. The molecule has 3 rings (SSSR count). The first-order valence-corrected chi connectivity index (χ1v) is 8.75. The minimum absolute atomic E-state index is 0.0729. The molecule has 1 atom stereocenters. The normalized spacial score (nSPS) is 17.8. The quantitative estimate of drug-likeness (QED) is 0.547. The smallest absolute Gasteiger partial charge is 0.266 e. The lowest BCUT2D eigenvalue weighted by Crippen LogP contribution is -2.30. The number of carbonyl (C=O) groups excluding carboxylic acids is 1. The van der Waals surface area contributed by atoms with Gasteiger partial charge < -0.3 is 0 Å². The van der Waals surface area contributed by atoms with Crippen LogP contribution >= 0.6 is 35.6 Å². The molecule has 1 unspecified atom stereocenters. The molecule has 0 radical (unpaired) electrons. The lowest BCUT2D eigenvalue weighted by molar-refractivity contribution is -0.123. The number of thiocarbonyl (C=S) groups is 1. The molecule has 2 aromatic carbocycles. The molecule has 0 aromatic heterocycles. The molecule has 1 fully saturated rings. The molecule has 0 spiro atoms. The second kappa shape index (κ2) is 6.87. The molecule has 1 amide bonds. The van der Waals surface area contributed by atoms with Crippen LogP contribution in [0.3, 0.4) is 0 Å². The summed E-state index contributed by atoms with van der Waals surface area (Å²) in [4.78, 5) is 15.0. The lowest BCUT2D eigenvalue weighted by atomic mass is 10.1. The molecule has 1 saturated heterocycles. The summed E-state index contributed by atoms with van der Waals surface area (Å²) in [6.45, 7) is 1.98. The van der Waals surface area contributed by atoms with E-state index in [1.807, 2.05) is 55.5 Å². The fourth-order valence-corrected chi connectivity index (χ4v) is 4.03. The molecule has 0 aliphatic carbocycles. The first-order valence-electron chi connectivity index (χ1n) is 7.14. The number of hydrogen-bond acceptors (Lipinski definition) is 3. The number of benzene rings is 2. The molecular weight excluding hydrogens is 346 g/mol. The third-order valence-corrected chi connectivity index (χ3v) is 5.36. The van der Waals surface area contributed by atoms with Gasteiger partial charge in [-0.15, -0.1) is 0 Å². The molecule has 2 aromatic rings. The minimum Gasteiger partial charge on any atom is -0.286 e. The summed E-state index contributed by atoms with van der Waals surface area (Å²) in [6, 6.07) is 17.2. The fraction of sp³-hybridized carbons (Fsp3) is 0.111. The van der Waals surface area contributed by atoms with Crippen molar-refractivity contribution in [3.8, 4) is 0 Å². The Morgan fingerprint density at radius 3 is 2.48 bits per heavy atom. The van der Waals surface area contributed by atoms with Crippen LogP contribution in [0.5, 0.6) is 0 Å². The van der Waals surface area contributed by atoms with Crippen molar-refractivity contribution in [3.05, 3.63) is 75.7 Å². The minimum atomic E-state index is -0.0964. The highest BCUT2D eigenvalue weighted by Gasteiger charge is 2.35. The van der Waals surface area contributed by atoms with Gasteiger partial charge in [-0.3, -0.25) is 9.69 Å². The Balaban J connectivity index is 1.90. The molecule has 1 aliphatic rings. The fourth-order valence-electron chi connectivity index (χ4n) is 2.43. The average molecular weight is 360 g/mol. The van der Waals surface area contributed by atoms with Gasteiger partial charge in [0.25, 0.3) is 5.91 Å². The Hall–Kier alpha value is -1.62. The van der Waals surface area contributed by atoms with E-state index in [2.05, 4.69) is 0 Å². The predicted octanol–water partition coefficient (Wildman–Crippen LogP) is 5.30. The van der Waals surface area contributed by atoms with E-state index < -0.39 is 0 Å². The summed E-state index contributed by atoms with van der Waals surface area (Å²) in [5.74, 6) is -0.0729. The van der Waals surface area contributed by atoms with Crippen LogP contribution in [0.4, 0.5) is 0 Å². The number of carbonyl (C=O) groups is 1. The van der Waals surface area contributed by atoms with Crippen molar-refractivity contribution in [1.82, 2.24) is 4.90 Å². The van der Waals surface area contributed by atoms with E-state index in [0.717, 1.165) is 11.1 Å². The van der Waals surface area contributed by atoms with Gasteiger partial charge in [-0.2, -0.15) is 0 Å². The monoisotopic (exact) mass is 359 g/mol. The van der Waals surface area contributed by atoms with Crippen LogP contribution in [-0.2, 0) is 4.79 Å². The van der Waals surface area contributed by atoms with E-state index in [4.69, 9.17) is 23.8 Å². The maximum absolute atomic E-state index is 12.8. The molecule has 0 bridgehead atoms. The highest BCUT2D eigenvalue weighted by Crippen LogP contribution is 2.38. The molecule has 1 heterocycles. The SMILES string of the molecule is CC(c1ccccc1)N1C(=O)C(=Cc2ccccc2Cl)SC1=S. The van der Waals surface area contributed by atoms with Gasteiger partial charge in [-0.25, -0.2) is 0 Å². The number of thioether (sulfide) groups is 1. The molecule has 0 saturated carbocycles. The summed E-state index contributed by atoms with van der Waals surface area (Å²) < 4.78 is 0.574. The number of halogens is 1. The maximum atomic E-state index is 12.8. The van der Waals surface area contributed by atoms with Gasteiger partial charge in [-0.05, 0) is 30.2 Å². The largest absolute Gasteiger partial charge is 0.286 e. The van der Waals surface area contributed by atoms with Gasteiger partial charge >= 0.3 is 0 Å². The standard InChI is InChI=1S/C18H14ClNOS2/c1-12(13-7-3-2-4-8-13)20-17(21)16(23-18(20)22)11-14-9-5-6-10-15(14)19/h2-12H,1H3. The van der Waals surface area contributed by atoms with E-state index in [1.165, 1.54) is 11.8 Å². The van der Waals surface area contributed by atoms with E-state index in [1.54, 1.807) is 17.0 Å². The summed E-state index contributed by atoms with van der Waals surface area (Å²) in [5.41, 5.74) is 1.88. The Kier molecular flexibility index (Phi) is 4.85. The second-order valence-corrected chi connectivity index (χ2v) is 7.24. The van der Waals surface area contributed by atoms with E-state index in [9.17, 15) is 4.79 Å². The van der Waals surface area contributed by atoms with Crippen LogP contribution in [0.25, 0.3) is 6.08 Å². The van der Waals surface area contributed by atoms with Crippen LogP contribution in [0.15, 0.2) is 59.5 Å². The molecule has 5 heteroatoms. The molecule has 116 valence electrons. The number of rotatable bonds is 3. The third-order valence-electron chi connectivity index (χ3n) is 3.68. The number of nitrogens with zero attached hydrogens (tertiary/aromatic N) is 1. The summed E-state index contributed by atoms with van der Waals surface area (Å²) in [6.07, 6.45) is 1.80. The van der Waals surface area contributed by atoms with Crippen LogP contribution in [-0.4, -0.2) is 15.1 Å². The first-order chi connectivity index (χ1) is 11.1. The summed E-state index contributed by atoms with van der Waals surface area (Å²) in [7, 11) is 0. The zero-order chi connectivity index (χ0) is 16.4. The predicted molar refractivity (Wildman–Crippen MR) is 101 cm³/mol. The van der Waals surface area contributed by atoms with Crippen LogP contribution < -0.4 is 0 Å². The second-order valence-electron chi connectivity index (χ2n) is 5.16. The Labute approximate surface area is 150 Å². The van der Waals surface area contributed by atoms with Crippen molar-refractivity contribution >= 4 is 51.9 Å². The van der Waals surface area contributed by atoms with Gasteiger partial charge in [0.1, 0.15) is 4.32 Å². The van der Waals surface area contributed by atoms with Gasteiger partial charge in [0.2, 0.25) is 0 Å². The van der Waals surface area contributed by atoms with Crippen molar-refractivity contribution in [2.24, 2.45) is 0 Å². The van der Waals surface area contributed by atoms with Crippen molar-refractivity contribution in [3.63, 3.8) is 0 Å². The zero-order valence-corrected chi connectivity index (χ0v) is 14.8. The molecule has 2 nitrogen and oxygen atoms in total. The molecule has 23 heavy (non-hydrogen) atoms. The van der Waals surface area contributed by atoms with E-state index >= 15 is 0 Å². The third kappa shape index (κ3) is 3.34. The Morgan fingerprint density at radius 2 is 1.78 bits per heavy atom. The Bertz CT molecular complexity index is 789. The topological polar surface area (TPSA) is 20.3 Å². The van der Waals surface area contributed by atoms with E-state index in [0.29, 0.717) is 14.2 Å². The number of hydrogen-bond donors (Lipinski definition) is 0. The Morgan fingerprint density at radius 1 is 1.13 bits per heavy atom. The van der Waals surface area contributed by atoms with Crippen molar-refractivity contribution in [2.45, 2.75) is 13.0 Å². The summed E-state index contributed by atoms with van der Waals surface area (Å²) in [5, 5.41) is 0.619. The highest BCUT2D eigenvalue weighted by molar-refractivity contribution is 8.26. The first kappa shape index (κ1) is 16.2. The maximum Gasteiger partial charge on any atom is 0.266 e. The van der Waals surface area contributed by atoms with Crippen molar-refractivity contribution in [2.75, 3.05) is 0 Å². The summed E-state index contributed by atoms with van der Waals surface area (Å²) >= 11 is 12.9. The number of amides is 1. The van der Waals surface area contributed by atoms with Crippen LogP contribution in [0, 0.1) is 0 Å². The zero-order valence-electron chi connectivity index (χ0n) is 12.4.